The fourth-order valence-corrected chi connectivity index (χ4v) is 6.40. The van der Waals surface area contributed by atoms with Gasteiger partial charge in [0, 0.05) is 24.2 Å². The Bertz CT molecular complexity index is 1200. The van der Waals surface area contributed by atoms with E-state index in [9.17, 15) is 9.90 Å². The van der Waals surface area contributed by atoms with Gasteiger partial charge in [-0.25, -0.2) is 0 Å². The average molecular weight is 580 g/mol. The van der Waals surface area contributed by atoms with Crippen LogP contribution in [0, 0.1) is 38.5 Å². The minimum absolute atomic E-state index is 0.0347. The highest BCUT2D eigenvalue weighted by Gasteiger charge is 2.34. The van der Waals surface area contributed by atoms with Crippen LogP contribution in [0.25, 0.3) is 0 Å². The number of fused-ring (bicyclic) bond motifs is 1. The fraction of sp³-hybridized carbons (Fsp3) is 0.649. The van der Waals surface area contributed by atoms with E-state index >= 15 is 0 Å². The molecule has 2 aromatic rings. The van der Waals surface area contributed by atoms with Gasteiger partial charge in [0.15, 0.2) is 11.5 Å². The predicted molar refractivity (Wildman–Crippen MR) is 175 cm³/mol. The summed E-state index contributed by atoms with van der Waals surface area (Å²) in [5.74, 6) is 4.38. The molecule has 0 saturated carbocycles. The normalized spacial score (nSPS) is 17.9. The molecule has 1 aliphatic rings. The van der Waals surface area contributed by atoms with Gasteiger partial charge in [0.2, 0.25) is 5.91 Å². The number of amides is 1. The number of aromatic hydroxyl groups is 1. The molecule has 234 valence electrons. The van der Waals surface area contributed by atoms with E-state index < -0.39 is 0 Å². The average Bonchev–Trinajstić information content (AvgIpc) is 2.91. The van der Waals surface area contributed by atoms with Gasteiger partial charge in [-0.2, -0.15) is 0 Å². The number of hydrogen-bond acceptors (Lipinski definition) is 4. The molecule has 0 saturated heterocycles. The van der Waals surface area contributed by atoms with Gasteiger partial charge < -0.3 is 19.9 Å². The first-order chi connectivity index (χ1) is 19.8. The molecule has 5 nitrogen and oxygen atoms in total. The number of carbonyl (C=O) groups is 1. The quantitative estimate of drug-likeness (QED) is 0.206. The standard InChI is InChI=1S/C37H57NO4/c1-24(2)13-10-14-25(3)15-11-16-26(4)17-12-21-37(9)22-20-32-29(7)35(27(5)28(6)36(32)42-37)41-34-23-31(38-30(8)39)18-19-33(34)40/h18-19,23-26,40H,10-17,20-22H2,1-9H3,(H,38,39)/t25-,26-,37-/m1/s1. The number of ether oxygens (including phenoxy) is 2. The maximum atomic E-state index is 11.5. The Morgan fingerprint density at radius 1 is 0.952 bits per heavy atom. The van der Waals surface area contributed by atoms with Crippen LogP contribution >= 0.6 is 0 Å². The van der Waals surface area contributed by atoms with Crippen LogP contribution in [0.2, 0.25) is 0 Å². The molecule has 3 atom stereocenters. The van der Waals surface area contributed by atoms with Crippen LogP contribution in [0.4, 0.5) is 5.69 Å². The van der Waals surface area contributed by atoms with Crippen LogP contribution in [-0.2, 0) is 11.2 Å². The first-order valence-corrected chi connectivity index (χ1v) is 16.4. The Kier molecular flexibility index (Phi) is 12.2. The summed E-state index contributed by atoms with van der Waals surface area (Å²) in [6.07, 6.45) is 13.6. The van der Waals surface area contributed by atoms with Crippen molar-refractivity contribution in [3.63, 3.8) is 0 Å². The summed E-state index contributed by atoms with van der Waals surface area (Å²) >= 11 is 0. The Morgan fingerprint density at radius 2 is 1.57 bits per heavy atom. The number of benzene rings is 2. The molecule has 42 heavy (non-hydrogen) atoms. The van der Waals surface area contributed by atoms with Gasteiger partial charge in [0.05, 0.1) is 0 Å². The number of rotatable bonds is 15. The van der Waals surface area contributed by atoms with E-state index in [1.807, 2.05) is 0 Å². The maximum absolute atomic E-state index is 11.5. The summed E-state index contributed by atoms with van der Waals surface area (Å²) < 4.78 is 13.1. The zero-order valence-electron chi connectivity index (χ0n) is 27.9. The molecule has 0 radical (unpaired) electrons. The van der Waals surface area contributed by atoms with Crippen molar-refractivity contribution in [1.29, 1.82) is 0 Å². The van der Waals surface area contributed by atoms with E-state index in [0.717, 1.165) is 65.2 Å². The lowest BCUT2D eigenvalue weighted by atomic mass is 9.83. The molecule has 2 aromatic carbocycles. The molecular weight excluding hydrogens is 522 g/mol. The highest BCUT2D eigenvalue weighted by Crippen LogP contribution is 2.47. The van der Waals surface area contributed by atoms with Gasteiger partial charge in [-0.05, 0) is 100.0 Å². The lowest BCUT2D eigenvalue weighted by Gasteiger charge is -2.38. The number of phenols is 1. The van der Waals surface area contributed by atoms with Crippen molar-refractivity contribution in [3.8, 4) is 23.0 Å². The second-order valence-electron chi connectivity index (χ2n) is 13.9. The van der Waals surface area contributed by atoms with Gasteiger partial charge in [0.1, 0.15) is 17.1 Å². The van der Waals surface area contributed by atoms with Crippen LogP contribution in [0.1, 0.15) is 128 Å². The van der Waals surface area contributed by atoms with Crippen molar-refractivity contribution < 1.29 is 19.4 Å². The van der Waals surface area contributed by atoms with Crippen molar-refractivity contribution in [3.05, 3.63) is 40.5 Å². The number of nitrogens with one attached hydrogen (secondary N) is 1. The first kappa shape index (κ1) is 33.8. The molecule has 0 spiro atoms. The molecule has 5 heteroatoms. The number of anilines is 1. The molecule has 0 bridgehead atoms. The molecule has 3 rings (SSSR count). The second kappa shape index (κ2) is 15.2. The molecule has 0 fully saturated rings. The molecule has 0 aromatic heterocycles. The first-order valence-electron chi connectivity index (χ1n) is 16.4. The molecule has 1 aliphatic heterocycles. The Balaban J connectivity index is 1.58. The largest absolute Gasteiger partial charge is 0.504 e. The van der Waals surface area contributed by atoms with Crippen LogP contribution in [0.5, 0.6) is 23.0 Å². The van der Waals surface area contributed by atoms with Gasteiger partial charge in [-0.15, -0.1) is 0 Å². The summed E-state index contributed by atoms with van der Waals surface area (Å²) in [4.78, 5) is 11.5. The number of hydrogen-bond donors (Lipinski definition) is 2. The Morgan fingerprint density at radius 3 is 2.19 bits per heavy atom. The summed E-state index contributed by atoms with van der Waals surface area (Å²) in [5.41, 5.74) is 4.76. The van der Waals surface area contributed by atoms with Crippen LogP contribution in [0.15, 0.2) is 18.2 Å². The molecule has 2 N–H and O–H groups in total. The highest BCUT2D eigenvalue weighted by atomic mass is 16.5. The van der Waals surface area contributed by atoms with Crippen molar-refractivity contribution in [2.45, 2.75) is 139 Å². The summed E-state index contributed by atoms with van der Waals surface area (Å²) in [7, 11) is 0. The SMILES string of the molecule is CC(=O)Nc1ccc(O)c(Oc2c(C)c(C)c3c(c2C)CC[C@@](C)(CCC[C@H](C)CCC[C@H](C)CCCC(C)C)O3)c1. The summed E-state index contributed by atoms with van der Waals surface area (Å²) in [6, 6.07) is 4.86. The fourth-order valence-electron chi connectivity index (χ4n) is 6.40. The van der Waals surface area contributed by atoms with E-state index in [-0.39, 0.29) is 17.3 Å². The van der Waals surface area contributed by atoms with Crippen molar-refractivity contribution in [1.82, 2.24) is 0 Å². The molecular formula is C37H57NO4. The van der Waals surface area contributed by atoms with Gasteiger partial charge in [-0.3, -0.25) is 4.79 Å². The minimum atomic E-state index is -0.171. The third-order valence-corrected chi connectivity index (χ3v) is 9.33. The topological polar surface area (TPSA) is 67.8 Å². The van der Waals surface area contributed by atoms with Crippen LogP contribution in [-0.4, -0.2) is 16.6 Å². The van der Waals surface area contributed by atoms with Gasteiger partial charge in [-0.1, -0.05) is 72.6 Å². The van der Waals surface area contributed by atoms with Gasteiger partial charge in [0.25, 0.3) is 0 Å². The monoisotopic (exact) mass is 579 g/mol. The van der Waals surface area contributed by atoms with Crippen LogP contribution < -0.4 is 14.8 Å². The number of carbonyl (C=O) groups excluding carboxylic acids is 1. The molecule has 1 amide bonds. The molecule has 1 heterocycles. The van der Waals surface area contributed by atoms with E-state index in [1.165, 1.54) is 63.9 Å². The molecule has 0 aliphatic carbocycles. The van der Waals surface area contributed by atoms with Crippen LogP contribution in [0.3, 0.4) is 0 Å². The van der Waals surface area contributed by atoms with Gasteiger partial charge >= 0.3 is 0 Å². The Hall–Kier alpha value is -2.69. The molecule has 0 unspecified atom stereocenters. The third kappa shape index (κ3) is 9.41. The van der Waals surface area contributed by atoms with Crippen molar-refractivity contribution in [2.24, 2.45) is 17.8 Å². The Labute approximate surface area is 255 Å². The second-order valence-corrected chi connectivity index (χ2v) is 13.9. The highest BCUT2D eigenvalue weighted by molar-refractivity contribution is 5.89. The third-order valence-electron chi connectivity index (χ3n) is 9.33. The van der Waals surface area contributed by atoms with E-state index in [1.54, 1.807) is 18.2 Å². The van der Waals surface area contributed by atoms with Crippen molar-refractivity contribution in [2.75, 3.05) is 5.32 Å². The minimum Gasteiger partial charge on any atom is -0.504 e. The summed E-state index contributed by atoms with van der Waals surface area (Å²) in [6.45, 7) is 19.5. The zero-order valence-corrected chi connectivity index (χ0v) is 27.9. The predicted octanol–water partition coefficient (Wildman–Crippen LogP) is 10.6. The van der Waals surface area contributed by atoms with E-state index in [0.29, 0.717) is 11.4 Å². The smallest absolute Gasteiger partial charge is 0.221 e. The van der Waals surface area contributed by atoms with E-state index in [2.05, 4.69) is 60.7 Å². The number of phenolic OH excluding ortho intramolecular Hbond substituents is 1. The lowest BCUT2D eigenvalue weighted by molar-refractivity contribution is -0.114. The van der Waals surface area contributed by atoms with Crippen molar-refractivity contribution >= 4 is 11.6 Å². The summed E-state index contributed by atoms with van der Waals surface area (Å²) in [5, 5.41) is 13.2. The lowest BCUT2D eigenvalue weighted by Crippen LogP contribution is -2.37. The van der Waals surface area contributed by atoms with E-state index in [4.69, 9.17) is 9.47 Å². The maximum Gasteiger partial charge on any atom is 0.221 e. The zero-order chi connectivity index (χ0) is 31.0.